The maximum absolute atomic E-state index is 13.6. The number of carboxylic acid groups (broad SMARTS) is 1. The maximum Gasteiger partial charge on any atom is 0.344 e. The number of ether oxygens (including phenoxy) is 3. The summed E-state index contributed by atoms with van der Waals surface area (Å²) in [5.74, 6) is 0.216. The highest BCUT2D eigenvalue weighted by molar-refractivity contribution is 6.31. The minimum Gasteiger partial charge on any atom is -0.497 e. The van der Waals surface area contributed by atoms with Gasteiger partial charge in [-0.25, -0.2) is 4.79 Å². The monoisotopic (exact) mass is 508 g/mol. The molecule has 0 spiro atoms. The van der Waals surface area contributed by atoms with Crippen molar-refractivity contribution in [1.82, 2.24) is 9.55 Å². The van der Waals surface area contributed by atoms with Gasteiger partial charge in [-0.1, -0.05) is 11.6 Å². The molecule has 2 aromatic heterocycles. The number of ketones is 1. The number of hydrogen-bond acceptors (Lipinski definition) is 6. The molecule has 0 aliphatic heterocycles. The number of hydrogen-bond donors (Lipinski definition) is 1. The van der Waals surface area contributed by atoms with Crippen LogP contribution in [0.2, 0.25) is 5.02 Å². The Kier molecular flexibility index (Phi) is 7.17. The summed E-state index contributed by atoms with van der Waals surface area (Å²) in [6, 6.07) is 15.4. The van der Waals surface area contributed by atoms with Gasteiger partial charge in [-0.3, -0.25) is 4.79 Å². The van der Waals surface area contributed by atoms with E-state index >= 15 is 0 Å². The third kappa shape index (κ3) is 4.85. The fourth-order valence-electron chi connectivity index (χ4n) is 3.97. The van der Waals surface area contributed by atoms with Gasteiger partial charge in [0.2, 0.25) is 5.88 Å². The third-order valence-electron chi connectivity index (χ3n) is 5.94. The van der Waals surface area contributed by atoms with Crippen LogP contribution in [0.5, 0.6) is 17.4 Å². The normalized spacial score (nSPS) is 11.8. The first-order chi connectivity index (χ1) is 17.2. The van der Waals surface area contributed by atoms with Crippen molar-refractivity contribution < 1.29 is 28.9 Å². The van der Waals surface area contributed by atoms with Crippen LogP contribution in [0.25, 0.3) is 11.0 Å². The summed E-state index contributed by atoms with van der Waals surface area (Å²) in [6.07, 6.45) is -1.02. The first kappa shape index (κ1) is 25.1. The van der Waals surface area contributed by atoms with Gasteiger partial charge in [0.1, 0.15) is 17.1 Å². The molecule has 0 saturated carbocycles. The van der Waals surface area contributed by atoms with Gasteiger partial charge >= 0.3 is 5.97 Å². The van der Waals surface area contributed by atoms with Gasteiger partial charge < -0.3 is 23.9 Å². The van der Waals surface area contributed by atoms with Gasteiger partial charge in [0.05, 0.1) is 26.3 Å². The average Bonchev–Trinajstić information content (AvgIpc) is 3.15. The highest BCUT2D eigenvalue weighted by Gasteiger charge is 2.23. The van der Waals surface area contributed by atoms with Gasteiger partial charge in [-0.05, 0) is 67.9 Å². The molecule has 4 rings (SSSR count). The van der Waals surface area contributed by atoms with E-state index in [-0.39, 0.29) is 12.3 Å². The lowest BCUT2D eigenvalue weighted by atomic mass is 10.0. The lowest BCUT2D eigenvalue weighted by Gasteiger charge is -2.14. The van der Waals surface area contributed by atoms with Gasteiger partial charge in [-0.15, -0.1) is 0 Å². The molecule has 8 nitrogen and oxygen atoms in total. The zero-order valence-electron chi connectivity index (χ0n) is 20.2. The molecule has 0 aliphatic rings. The Balaban J connectivity index is 1.81. The average molecular weight is 509 g/mol. The number of benzene rings is 2. The summed E-state index contributed by atoms with van der Waals surface area (Å²) in [7, 11) is 3.10. The fourth-order valence-corrected chi connectivity index (χ4v) is 4.15. The lowest BCUT2D eigenvalue weighted by Crippen LogP contribution is -2.22. The predicted molar refractivity (Wildman–Crippen MR) is 136 cm³/mol. The van der Waals surface area contributed by atoms with Crippen LogP contribution in [0.4, 0.5) is 0 Å². The number of fused-ring (bicyclic) bond motifs is 1. The summed E-state index contributed by atoms with van der Waals surface area (Å²) < 4.78 is 17.9. The molecule has 0 amide bonds. The Bertz CT molecular complexity index is 1450. The second-order valence-electron chi connectivity index (χ2n) is 8.18. The minimum atomic E-state index is -1.07. The van der Waals surface area contributed by atoms with Gasteiger partial charge in [0.15, 0.2) is 11.9 Å². The van der Waals surface area contributed by atoms with Crippen molar-refractivity contribution >= 4 is 34.4 Å². The fraction of sp³-hybridized carbons (Fsp3) is 0.222. The summed E-state index contributed by atoms with van der Waals surface area (Å²) in [5.41, 5.74) is 2.98. The third-order valence-corrected chi connectivity index (χ3v) is 6.30. The van der Waals surface area contributed by atoms with E-state index < -0.39 is 12.1 Å². The molecule has 2 aromatic carbocycles. The number of carboxylic acids is 1. The number of rotatable bonds is 9. The van der Waals surface area contributed by atoms with Crippen LogP contribution >= 0.6 is 11.6 Å². The number of aromatic nitrogens is 2. The van der Waals surface area contributed by atoms with Crippen molar-refractivity contribution in [1.29, 1.82) is 0 Å². The Hall–Kier alpha value is -4.04. The second-order valence-corrected chi connectivity index (χ2v) is 8.59. The van der Waals surface area contributed by atoms with Gasteiger partial charge in [0, 0.05) is 27.7 Å². The maximum atomic E-state index is 13.6. The minimum absolute atomic E-state index is 0.149. The highest BCUT2D eigenvalue weighted by Crippen LogP contribution is 2.32. The molecular formula is C27H25ClN2O6. The van der Waals surface area contributed by atoms with Crippen molar-refractivity contribution in [2.24, 2.45) is 0 Å². The van der Waals surface area contributed by atoms with E-state index in [9.17, 15) is 14.7 Å². The number of pyridine rings is 1. The van der Waals surface area contributed by atoms with E-state index in [2.05, 4.69) is 4.98 Å². The molecule has 9 heteroatoms. The van der Waals surface area contributed by atoms with E-state index in [1.165, 1.54) is 14.0 Å². The molecule has 0 fully saturated rings. The van der Waals surface area contributed by atoms with Crippen LogP contribution in [-0.2, 0) is 11.3 Å². The molecular weight excluding hydrogens is 484 g/mol. The molecule has 0 radical (unpaired) electrons. The lowest BCUT2D eigenvalue weighted by molar-refractivity contribution is -0.144. The topological polar surface area (TPSA) is 99.9 Å². The zero-order valence-corrected chi connectivity index (χ0v) is 21.0. The molecule has 186 valence electrons. The van der Waals surface area contributed by atoms with Crippen LogP contribution in [0, 0.1) is 6.92 Å². The highest BCUT2D eigenvalue weighted by atomic mass is 35.5. The van der Waals surface area contributed by atoms with Crippen molar-refractivity contribution in [3.63, 3.8) is 0 Å². The molecule has 0 aliphatic carbocycles. The van der Waals surface area contributed by atoms with E-state index in [1.54, 1.807) is 55.6 Å². The number of methoxy groups -OCH3 is 2. The van der Waals surface area contributed by atoms with Crippen molar-refractivity contribution in [2.75, 3.05) is 14.2 Å². The predicted octanol–water partition coefficient (Wildman–Crippen LogP) is 5.15. The Morgan fingerprint density at radius 2 is 1.72 bits per heavy atom. The molecule has 4 aromatic rings. The molecule has 36 heavy (non-hydrogen) atoms. The Morgan fingerprint density at radius 1 is 1.03 bits per heavy atom. The van der Waals surface area contributed by atoms with Crippen molar-refractivity contribution in [3.8, 4) is 17.4 Å². The van der Waals surface area contributed by atoms with Crippen LogP contribution in [0.15, 0.2) is 54.6 Å². The zero-order chi connectivity index (χ0) is 26.0. The molecule has 1 atom stereocenters. The summed E-state index contributed by atoms with van der Waals surface area (Å²) >= 11 is 6.49. The Morgan fingerprint density at radius 3 is 2.36 bits per heavy atom. The van der Waals surface area contributed by atoms with E-state index in [1.807, 2.05) is 17.6 Å². The summed E-state index contributed by atoms with van der Waals surface area (Å²) in [5, 5.41) is 10.3. The number of carbonyl (C=O) groups excluding carboxylic acids is 1. The number of carbonyl (C=O) groups is 2. The van der Waals surface area contributed by atoms with Crippen molar-refractivity contribution in [2.45, 2.75) is 26.5 Å². The van der Waals surface area contributed by atoms with Crippen LogP contribution in [-0.4, -0.2) is 46.7 Å². The van der Waals surface area contributed by atoms with E-state index in [4.69, 9.17) is 25.8 Å². The van der Waals surface area contributed by atoms with E-state index in [0.29, 0.717) is 55.8 Å². The van der Waals surface area contributed by atoms with Gasteiger partial charge in [-0.2, -0.15) is 4.98 Å². The van der Waals surface area contributed by atoms with Crippen LogP contribution < -0.4 is 14.2 Å². The summed E-state index contributed by atoms with van der Waals surface area (Å²) in [4.78, 5) is 29.4. The van der Waals surface area contributed by atoms with Crippen LogP contribution in [0.3, 0.4) is 0 Å². The first-order valence-corrected chi connectivity index (χ1v) is 11.5. The molecule has 0 unspecified atom stereocenters. The number of halogens is 1. The molecule has 0 bridgehead atoms. The van der Waals surface area contributed by atoms with Crippen molar-refractivity contribution in [3.05, 3.63) is 82.0 Å². The quantitative estimate of drug-likeness (QED) is 0.312. The van der Waals surface area contributed by atoms with Gasteiger partial charge in [0.25, 0.3) is 0 Å². The SMILES string of the molecule is COc1ccc(C(=O)c2c(C)n(Cc3cc(O[C@H](C)C(=O)O)ccc3Cl)c3nc(OC)ccc23)cc1. The smallest absolute Gasteiger partial charge is 0.344 e. The van der Waals surface area contributed by atoms with Crippen LogP contribution in [0.1, 0.15) is 34.1 Å². The largest absolute Gasteiger partial charge is 0.497 e. The molecule has 0 saturated heterocycles. The number of nitrogens with zero attached hydrogens (tertiary/aromatic N) is 2. The standard InChI is InChI=1S/C27H25ClN2O6/c1-15-24(25(31)17-5-7-19(34-3)8-6-17)21-10-12-23(35-4)29-26(21)30(15)14-18-13-20(9-11-22(18)28)36-16(2)27(32)33/h5-13,16H,14H2,1-4H3,(H,32,33)/t16-/m1/s1. The number of aliphatic carboxylic acids is 1. The molecule has 1 N–H and O–H groups in total. The Labute approximate surface area is 213 Å². The summed E-state index contributed by atoms with van der Waals surface area (Å²) in [6.45, 7) is 3.58. The molecule has 2 heterocycles. The first-order valence-electron chi connectivity index (χ1n) is 11.1. The second kappa shape index (κ2) is 10.3. The van der Waals surface area contributed by atoms with E-state index in [0.717, 1.165) is 0 Å².